The van der Waals surface area contributed by atoms with Gasteiger partial charge in [0.25, 0.3) is 10.0 Å². The molecule has 4 rings (SSSR count). The van der Waals surface area contributed by atoms with Crippen molar-refractivity contribution in [3.63, 3.8) is 0 Å². The van der Waals surface area contributed by atoms with Crippen molar-refractivity contribution in [3.05, 3.63) is 96.3 Å². The average molecular weight is 480 g/mol. The minimum absolute atomic E-state index is 0.144. The molecule has 7 nitrogen and oxygen atoms in total. The lowest BCUT2D eigenvalue weighted by Gasteiger charge is -2.10. The molecular formula is C25H22FN3O4S. The zero-order valence-corrected chi connectivity index (χ0v) is 19.1. The Labute approximate surface area is 196 Å². The Bertz CT molecular complexity index is 1380. The number of sulfonamides is 1. The molecule has 4 aromatic rings. The Kier molecular flexibility index (Phi) is 6.74. The largest absolute Gasteiger partial charge is 0.441 e. The van der Waals surface area contributed by atoms with Crippen LogP contribution < -0.4 is 10.0 Å². The van der Waals surface area contributed by atoms with Crippen molar-refractivity contribution >= 4 is 27.3 Å². The van der Waals surface area contributed by atoms with Gasteiger partial charge >= 0.3 is 0 Å². The molecule has 0 saturated heterocycles. The molecule has 0 fully saturated rings. The molecular weight excluding hydrogens is 457 g/mol. The van der Waals surface area contributed by atoms with Crippen molar-refractivity contribution in [2.24, 2.45) is 0 Å². The van der Waals surface area contributed by atoms with Crippen molar-refractivity contribution in [1.82, 2.24) is 4.98 Å². The van der Waals surface area contributed by atoms with E-state index in [1.54, 1.807) is 60.7 Å². The standard InChI is InChI=1S/C25H22FN3O4S/c1-17-2-12-22(13-3-17)34(31,32)29-21-10-8-20(9-11-21)28-24(30)14-15-25-27-16-23(33-25)18-4-6-19(26)7-5-18/h2-13,16,29H,14-15H2,1H3,(H,28,30). The summed E-state index contributed by atoms with van der Waals surface area (Å²) in [5, 5.41) is 2.76. The predicted molar refractivity (Wildman–Crippen MR) is 127 cm³/mol. The van der Waals surface area contributed by atoms with E-state index in [0.717, 1.165) is 5.56 Å². The van der Waals surface area contributed by atoms with E-state index in [4.69, 9.17) is 4.42 Å². The molecule has 1 amide bonds. The van der Waals surface area contributed by atoms with Crippen molar-refractivity contribution < 1.29 is 22.0 Å². The summed E-state index contributed by atoms with van der Waals surface area (Å²) in [5.41, 5.74) is 2.58. The molecule has 174 valence electrons. The van der Waals surface area contributed by atoms with Gasteiger partial charge in [0, 0.05) is 29.8 Å². The quantitative estimate of drug-likeness (QED) is 0.363. The van der Waals surface area contributed by atoms with Crippen LogP contribution in [0, 0.1) is 12.7 Å². The van der Waals surface area contributed by atoms with Gasteiger partial charge in [-0.15, -0.1) is 0 Å². The molecule has 0 unspecified atom stereocenters. The number of nitrogens with zero attached hydrogens (tertiary/aromatic N) is 1. The van der Waals surface area contributed by atoms with Crippen LogP contribution in [-0.2, 0) is 21.2 Å². The fourth-order valence-electron chi connectivity index (χ4n) is 3.17. The van der Waals surface area contributed by atoms with Gasteiger partial charge in [0.15, 0.2) is 11.7 Å². The van der Waals surface area contributed by atoms with Gasteiger partial charge in [0.1, 0.15) is 5.82 Å². The fourth-order valence-corrected chi connectivity index (χ4v) is 4.23. The minimum atomic E-state index is -3.70. The van der Waals surface area contributed by atoms with E-state index in [2.05, 4.69) is 15.0 Å². The van der Waals surface area contributed by atoms with Crippen LogP contribution in [0.25, 0.3) is 11.3 Å². The first-order valence-corrected chi connectivity index (χ1v) is 12.0. The van der Waals surface area contributed by atoms with Crippen molar-refractivity contribution in [2.75, 3.05) is 10.0 Å². The third-order valence-electron chi connectivity index (χ3n) is 5.00. The maximum absolute atomic E-state index is 13.1. The van der Waals surface area contributed by atoms with E-state index in [0.29, 0.717) is 35.0 Å². The lowest BCUT2D eigenvalue weighted by atomic mass is 10.2. The normalized spacial score (nSPS) is 11.2. The Hall–Kier alpha value is -3.98. The number of benzene rings is 3. The molecule has 1 aromatic heterocycles. The van der Waals surface area contributed by atoms with Crippen LogP contribution in [0.15, 0.2) is 88.3 Å². The van der Waals surface area contributed by atoms with Gasteiger partial charge in [-0.2, -0.15) is 0 Å². The summed E-state index contributed by atoms with van der Waals surface area (Å²) in [6.07, 6.45) is 1.98. The molecule has 0 aliphatic carbocycles. The van der Waals surface area contributed by atoms with Gasteiger partial charge in [0.05, 0.1) is 11.1 Å². The number of hydrogen-bond acceptors (Lipinski definition) is 5. The van der Waals surface area contributed by atoms with Gasteiger partial charge in [-0.25, -0.2) is 17.8 Å². The van der Waals surface area contributed by atoms with Crippen molar-refractivity contribution in [2.45, 2.75) is 24.7 Å². The molecule has 0 aliphatic heterocycles. The zero-order valence-electron chi connectivity index (χ0n) is 18.3. The molecule has 0 bridgehead atoms. The summed E-state index contributed by atoms with van der Waals surface area (Å²) in [7, 11) is -3.70. The first kappa shape index (κ1) is 23.2. The lowest BCUT2D eigenvalue weighted by molar-refractivity contribution is -0.116. The number of nitrogens with one attached hydrogen (secondary N) is 2. The zero-order chi connectivity index (χ0) is 24.1. The molecule has 0 aliphatic rings. The summed E-state index contributed by atoms with van der Waals surface area (Å²) < 4.78 is 46.2. The average Bonchev–Trinajstić information content (AvgIpc) is 3.29. The van der Waals surface area contributed by atoms with Crippen LogP contribution in [0.5, 0.6) is 0 Å². The number of aryl methyl sites for hydroxylation is 2. The maximum atomic E-state index is 13.1. The third kappa shape index (κ3) is 5.87. The highest BCUT2D eigenvalue weighted by Gasteiger charge is 2.14. The van der Waals surface area contributed by atoms with E-state index >= 15 is 0 Å². The number of carbonyl (C=O) groups excluding carboxylic acids is 1. The number of carbonyl (C=O) groups is 1. The Morgan fingerprint density at radius 2 is 1.59 bits per heavy atom. The summed E-state index contributed by atoms with van der Waals surface area (Å²) >= 11 is 0. The number of amides is 1. The van der Waals surface area contributed by atoms with Crippen LogP contribution in [0.3, 0.4) is 0 Å². The predicted octanol–water partition coefficient (Wildman–Crippen LogP) is 5.16. The summed E-state index contributed by atoms with van der Waals surface area (Å²) in [6, 6.07) is 18.8. The van der Waals surface area contributed by atoms with Crippen LogP contribution in [-0.4, -0.2) is 19.3 Å². The molecule has 1 heterocycles. The number of rotatable bonds is 8. The molecule has 34 heavy (non-hydrogen) atoms. The van der Waals surface area contributed by atoms with E-state index < -0.39 is 10.0 Å². The van der Waals surface area contributed by atoms with Gasteiger partial charge in [-0.05, 0) is 67.6 Å². The molecule has 9 heteroatoms. The second-order valence-corrected chi connectivity index (χ2v) is 9.35. The maximum Gasteiger partial charge on any atom is 0.261 e. The van der Waals surface area contributed by atoms with Crippen LogP contribution >= 0.6 is 0 Å². The molecule has 0 saturated carbocycles. The van der Waals surface area contributed by atoms with E-state index in [-0.39, 0.29) is 23.0 Å². The first-order valence-electron chi connectivity index (χ1n) is 10.5. The Balaban J connectivity index is 1.30. The van der Waals surface area contributed by atoms with E-state index in [1.807, 2.05) is 6.92 Å². The second-order valence-electron chi connectivity index (χ2n) is 7.67. The molecule has 2 N–H and O–H groups in total. The first-order chi connectivity index (χ1) is 16.3. The van der Waals surface area contributed by atoms with Gasteiger partial charge in [-0.1, -0.05) is 17.7 Å². The monoisotopic (exact) mass is 479 g/mol. The third-order valence-corrected chi connectivity index (χ3v) is 6.40. The van der Waals surface area contributed by atoms with Crippen LogP contribution in [0.4, 0.5) is 15.8 Å². The molecule has 0 spiro atoms. The summed E-state index contributed by atoms with van der Waals surface area (Å²) in [6.45, 7) is 1.88. The Morgan fingerprint density at radius 1 is 0.941 bits per heavy atom. The van der Waals surface area contributed by atoms with E-state index in [1.165, 1.54) is 18.3 Å². The SMILES string of the molecule is Cc1ccc(S(=O)(=O)Nc2ccc(NC(=O)CCc3ncc(-c4ccc(F)cc4)o3)cc2)cc1. The number of anilines is 2. The topological polar surface area (TPSA) is 101 Å². The summed E-state index contributed by atoms with van der Waals surface area (Å²) in [5.74, 6) is 0.320. The van der Waals surface area contributed by atoms with Crippen LogP contribution in [0.1, 0.15) is 17.9 Å². The van der Waals surface area contributed by atoms with Gasteiger partial charge < -0.3 is 9.73 Å². The molecule has 3 aromatic carbocycles. The number of oxazole rings is 1. The van der Waals surface area contributed by atoms with Gasteiger partial charge in [0.2, 0.25) is 5.91 Å². The van der Waals surface area contributed by atoms with Crippen LogP contribution in [0.2, 0.25) is 0 Å². The van der Waals surface area contributed by atoms with Crippen molar-refractivity contribution in [1.29, 1.82) is 0 Å². The highest BCUT2D eigenvalue weighted by atomic mass is 32.2. The Morgan fingerprint density at radius 3 is 2.26 bits per heavy atom. The van der Waals surface area contributed by atoms with Gasteiger partial charge in [-0.3, -0.25) is 9.52 Å². The smallest absolute Gasteiger partial charge is 0.261 e. The van der Waals surface area contributed by atoms with E-state index in [9.17, 15) is 17.6 Å². The molecule has 0 radical (unpaired) electrons. The summed E-state index contributed by atoms with van der Waals surface area (Å²) in [4.78, 5) is 16.6. The fraction of sp³-hybridized carbons (Fsp3) is 0.120. The molecule has 0 atom stereocenters. The second kappa shape index (κ2) is 9.88. The highest BCUT2D eigenvalue weighted by molar-refractivity contribution is 7.92. The number of hydrogen-bond donors (Lipinski definition) is 2. The minimum Gasteiger partial charge on any atom is -0.441 e. The number of aromatic nitrogens is 1. The lowest BCUT2D eigenvalue weighted by Crippen LogP contribution is -2.14. The van der Waals surface area contributed by atoms with Crippen molar-refractivity contribution in [3.8, 4) is 11.3 Å². The highest BCUT2D eigenvalue weighted by Crippen LogP contribution is 2.22. The number of halogens is 1.